The number of nitro benzene ring substituents is 1. The number of benzene rings is 3. The molecule has 110 valence electrons. The summed E-state index contributed by atoms with van der Waals surface area (Å²) >= 11 is 0. The molecule has 2 N–H and O–H groups in total. The summed E-state index contributed by atoms with van der Waals surface area (Å²) in [7, 11) is 0. The van der Waals surface area contributed by atoms with Crippen molar-refractivity contribution in [3.05, 3.63) is 87.5 Å². The molecular formula is C18H16N2O2. The lowest BCUT2D eigenvalue weighted by atomic mass is 9.95. The second-order valence-electron chi connectivity index (χ2n) is 5.44. The minimum absolute atomic E-state index is 0.0752. The molecule has 0 bridgehead atoms. The molecule has 0 spiro atoms. The molecule has 3 rings (SSSR count). The van der Waals surface area contributed by atoms with Gasteiger partial charge in [-0.2, -0.15) is 0 Å². The number of nitrogens with two attached hydrogens (primary N) is 1. The van der Waals surface area contributed by atoms with Gasteiger partial charge in [-0.15, -0.1) is 0 Å². The highest BCUT2D eigenvalue weighted by Gasteiger charge is 2.15. The topological polar surface area (TPSA) is 69.2 Å². The smallest absolute Gasteiger partial charge is 0.270 e. The van der Waals surface area contributed by atoms with Crippen LogP contribution in [0.4, 0.5) is 5.69 Å². The number of nitrogens with zero attached hydrogens (tertiary/aromatic N) is 1. The molecule has 4 nitrogen and oxygen atoms in total. The van der Waals surface area contributed by atoms with Gasteiger partial charge in [0, 0.05) is 12.1 Å². The van der Waals surface area contributed by atoms with Gasteiger partial charge in [0.2, 0.25) is 0 Å². The Bertz CT molecular complexity index is 859. The molecular weight excluding hydrogens is 276 g/mol. The highest BCUT2D eigenvalue weighted by atomic mass is 16.6. The first-order valence-corrected chi connectivity index (χ1v) is 7.05. The first-order chi connectivity index (χ1) is 10.5. The molecule has 0 fully saturated rings. The van der Waals surface area contributed by atoms with Crippen LogP contribution in [0.15, 0.2) is 60.7 Å². The minimum Gasteiger partial charge on any atom is -0.320 e. The fraction of sp³-hybridized carbons (Fsp3) is 0.111. The van der Waals surface area contributed by atoms with Crippen LogP contribution in [0.2, 0.25) is 0 Å². The van der Waals surface area contributed by atoms with Gasteiger partial charge >= 0.3 is 0 Å². The largest absolute Gasteiger partial charge is 0.320 e. The number of hydrogen-bond acceptors (Lipinski definition) is 3. The van der Waals surface area contributed by atoms with E-state index >= 15 is 0 Å². The fourth-order valence-corrected chi connectivity index (χ4v) is 2.67. The van der Waals surface area contributed by atoms with Gasteiger partial charge in [0.05, 0.1) is 11.0 Å². The summed E-state index contributed by atoms with van der Waals surface area (Å²) in [5, 5.41) is 13.3. The zero-order valence-corrected chi connectivity index (χ0v) is 12.2. The van der Waals surface area contributed by atoms with Gasteiger partial charge in [-0.1, -0.05) is 42.5 Å². The van der Waals surface area contributed by atoms with Crippen molar-refractivity contribution < 1.29 is 4.92 Å². The van der Waals surface area contributed by atoms with Crippen molar-refractivity contribution in [1.29, 1.82) is 0 Å². The van der Waals surface area contributed by atoms with Crippen molar-refractivity contribution in [2.24, 2.45) is 5.73 Å². The first-order valence-electron chi connectivity index (χ1n) is 7.05. The normalized spacial score (nSPS) is 12.3. The molecule has 0 aliphatic rings. The molecule has 4 heteroatoms. The predicted molar refractivity (Wildman–Crippen MR) is 87.8 cm³/mol. The van der Waals surface area contributed by atoms with Gasteiger partial charge in [-0.05, 0) is 40.5 Å². The number of aryl methyl sites for hydroxylation is 1. The molecule has 0 aliphatic heterocycles. The summed E-state index contributed by atoms with van der Waals surface area (Å²) in [5.74, 6) is 0. The van der Waals surface area contributed by atoms with Crippen LogP contribution in [0.1, 0.15) is 22.7 Å². The molecule has 22 heavy (non-hydrogen) atoms. The van der Waals surface area contributed by atoms with Gasteiger partial charge in [-0.25, -0.2) is 0 Å². The van der Waals surface area contributed by atoms with Gasteiger partial charge in [-0.3, -0.25) is 10.1 Å². The second-order valence-corrected chi connectivity index (χ2v) is 5.44. The number of non-ortho nitro benzene ring substituents is 1. The monoisotopic (exact) mass is 292 g/mol. The molecule has 0 saturated heterocycles. The van der Waals surface area contributed by atoms with Gasteiger partial charge in [0.25, 0.3) is 5.69 Å². The lowest BCUT2D eigenvalue weighted by Crippen LogP contribution is -2.12. The molecule has 0 aliphatic carbocycles. The SMILES string of the molecule is Cc1cc(C(N)c2ccc3ccccc3c2)cc([N+](=O)[O-])c1. The Morgan fingerprint density at radius 2 is 1.68 bits per heavy atom. The van der Waals surface area contributed by atoms with Crippen molar-refractivity contribution in [3.8, 4) is 0 Å². The number of nitro groups is 1. The van der Waals surface area contributed by atoms with Crippen LogP contribution < -0.4 is 5.73 Å². The number of rotatable bonds is 3. The summed E-state index contributed by atoms with van der Waals surface area (Å²) in [4.78, 5) is 10.6. The third-order valence-electron chi connectivity index (χ3n) is 3.79. The van der Waals surface area contributed by atoms with Crippen LogP contribution in [0, 0.1) is 17.0 Å². The Kier molecular flexibility index (Phi) is 3.61. The lowest BCUT2D eigenvalue weighted by Gasteiger charge is -2.14. The Morgan fingerprint density at radius 1 is 0.955 bits per heavy atom. The predicted octanol–water partition coefficient (Wildman–Crippen LogP) is 4.10. The van der Waals surface area contributed by atoms with Crippen molar-refractivity contribution in [3.63, 3.8) is 0 Å². The minimum atomic E-state index is -0.386. The Balaban J connectivity index is 2.05. The van der Waals surface area contributed by atoms with E-state index < -0.39 is 0 Å². The van der Waals surface area contributed by atoms with E-state index in [1.54, 1.807) is 12.1 Å². The Labute approximate surface area is 128 Å². The van der Waals surface area contributed by atoms with Crippen molar-refractivity contribution in [2.45, 2.75) is 13.0 Å². The molecule has 1 atom stereocenters. The molecule has 3 aromatic carbocycles. The van der Waals surface area contributed by atoms with Crippen LogP contribution in [-0.4, -0.2) is 4.92 Å². The highest BCUT2D eigenvalue weighted by molar-refractivity contribution is 5.83. The standard InChI is InChI=1S/C18H16N2O2/c1-12-8-16(11-17(9-12)20(21)22)18(19)15-7-6-13-4-2-3-5-14(13)10-15/h2-11,18H,19H2,1H3. The molecule has 0 saturated carbocycles. The summed E-state index contributed by atoms with van der Waals surface area (Å²) in [6, 6.07) is 18.7. The van der Waals surface area contributed by atoms with E-state index in [1.165, 1.54) is 0 Å². The van der Waals surface area contributed by atoms with Crippen LogP contribution in [-0.2, 0) is 0 Å². The van der Waals surface area contributed by atoms with Gasteiger partial charge in [0.1, 0.15) is 0 Å². The second kappa shape index (κ2) is 5.58. The highest BCUT2D eigenvalue weighted by Crippen LogP contribution is 2.27. The third-order valence-corrected chi connectivity index (χ3v) is 3.79. The molecule has 0 aromatic heterocycles. The van der Waals surface area contributed by atoms with Crippen LogP contribution in [0.5, 0.6) is 0 Å². The Hall–Kier alpha value is -2.72. The molecule has 0 heterocycles. The quantitative estimate of drug-likeness (QED) is 0.583. The maximum absolute atomic E-state index is 11.0. The van der Waals surface area contributed by atoms with E-state index in [2.05, 4.69) is 0 Å². The zero-order valence-electron chi connectivity index (χ0n) is 12.2. The maximum Gasteiger partial charge on any atom is 0.270 e. The fourth-order valence-electron chi connectivity index (χ4n) is 2.67. The van der Waals surface area contributed by atoms with Crippen molar-refractivity contribution in [2.75, 3.05) is 0 Å². The van der Waals surface area contributed by atoms with E-state index in [1.807, 2.05) is 55.5 Å². The zero-order chi connectivity index (χ0) is 15.7. The molecule has 3 aromatic rings. The van der Waals surface area contributed by atoms with E-state index in [0.29, 0.717) is 0 Å². The molecule has 1 unspecified atom stereocenters. The van der Waals surface area contributed by atoms with E-state index in [9.17, 15) is 10.1 Å². The van der Waals surface area contributed by atoms with E-state index in [0.717, 1.165) is 27.5 Å². The summed E-state index contributed by atoms with van der Waals surface area (Å²) in [5.41, 5.74) is 8.93. The van der Waals surface area contributed by atoms with E-state index in [-0.39, 0.29) is 16.7 Å². The van der Waals surface area contributed by atoms with E-state index in [4.69, 9.17) is 5.73 Å². The average Bonchev–Trinajstić information content (AvgIpc) is 2.53. The first kappa shape index (κ1) is 14.2. The van der Waals surface area contributed by atoms with Crippen LogP contribution in [0.25, 0.3) is 10.8 Å². The number of hydrogen-bond donors (Lipinski definition) is 1. The molecule has 0 amide bonds. The maximum atomic E-state index is 11.0. The Morgan fingerprint density at radius 3 is 2.41 bits per heavy atom. The molecule has 0 radical (unpaired) electrons. The van der Waals surface area contributed by atoms with Crippen molar-refractivity contribution in [1.82, 2.24) is 0 Å². The summed E-state index contributed by atoms with van der Waals surface area (Å²) in [6.45, 7) is 1.84. The lowest BCUT2D eigenvalue weighted by molar-refractivity contribution is -0.385. The van der Waals surface area contributed by atoms with Crippen LogP contribution in [0.3, 0.4) is 0 Å². The van der Waals surface area contributed by atoms with Gasteiger partial charge in [0.15, 0.2) is 0 Å². The van der Waals surface area contributed by atoms with Crippen molar-refractivity contribution >= 4 is 16.5 Å². The average molecular weight is 292 g/mol. The number of fused-ring (bicyclic) bond motifs is 1. The summed E-state index contributed by atoms with van der Waals surface area (Å²) in [6.07, 6.45) is 0. The summed E-state index contributed by atoms with van der Waals surface area (Å²) < 4.78 is 0. The third kappa shape index (κ3) is 2.69. The van der Waals surface area contributed by atoms with Gasteiger partial charge < -0.3 is 5.73 Å². The van der Waals surface area contributed by atoms with Crippen LogP contribution >= 0.6 is 0 Å².